The van der Waals surface area contributed by atoms with Crippen molar-refractivity contribution in [3.8, 4) is 0 Å². The van der Waals surface area contributed by atoms with Crippen molar-refractivity contribution in [2.24, 2.45) is 0 Å². The van der Waals surface area contributed by atoms with Crippen molar-refractivity contribution >= 4 is 0 Å². The van der Waals surface area contributed by atoms with E-state index in [4.69, 9.17) is 0 Å². The summed E-state index contributed by atoms with van der Waals surface area (Å²) < 4.78 is 0. The fourth-order valence-corrected chi connectivity index (χ4v) is 2.96. The highest BCUT2D eigenvalue weighted by molar-refractivity contribution is 4.99. The first kappa shape index (κ1) is 12.1. The Kier molecular flexibility index (Phi) is 4.86. The molecule has 0 bridgehead atoms. The number of nitrogens with zero attached hydrogens (tertiary/aromatic N) is 2. The maximum atomic E-state index is 2.70. The lowest BCUT2D eigenvalue weighted by Gasteiger charge is -2.30. The van der Waals surface area contributed by atoms with E-state index in [-0.39, 0.29) is 0 Å². The molecule has 1 aliphatic carbocycles. The monoisotopic (exact) mass is 222 g/mol. The Balaban J connectivity index is 1.83. The number of hydrogen-bond donors (Lipinski definition) is 0. The Morgan fingerprint density at radius 2 is 2.06 bits per heavy atom. The maximum absolute atomic E-state index is 2.70. The standard InChI is InChI=1S/C14H26N2/c1-2-9-15-10-6-11-16(13-12-15)14-7-4-3-5-8-14/h4,7,14H,2-3,5-6,8-13H2,1H3. The van der Waals surface area contributed by atoms with Crippen LogP contribution in [-0.2, 0) is 0 Å². The highest BCUT2D eigenvalue weighted by Crippen LogP contribution is 2.18. The molecule has 92 valence electrons. The van der Waals surface area contributed by atoms with Crippen molar-refractivity contribution in [3.05, 3.63) is 12.2 Å². The first-order chi connectivity index (χ1) is 7.90. The van der Waals surface area contributed by atoms with Crippen LogP contribution in [0.1, 0.15) is 39.0 Å². The normalized spacial score (nSPS) is 29.2. The zero-order chi connectivity index (χ0) is 11.2. The molecule has 2 nitrogen and oxygen atoms in total. The lowest BCUT2D eigenvalue weighted by atomic mass is 10.0. The zero-order valence-corrected chi connectivity index (χ0v) is 10.7. The highest BCUT2D eigenvalue weighted by Gasteiger charge is 2.20. The van der Waals surface area contributed by atoms with Gasteiger partial charge in [0.15, 0.2) is 0 Å². The predicted octanol–water partition coefficient (Wildman–Crippen LogP) is 2.51. The van der Waals surface area contributed by atoms with E-state index in [1.165, 1.54) is 64.8 Å². The Labute approximate surface area is 100 Å². The van der Waals surface area contributed by atoms with Crippen LogP contribution in [0.4, 0.5) is 0 Å². The van der Waals surface area contributed by atoms with Gasteiger partial charge in [-0.05, 0) is 51.7 Å². The van der Waals surface area contributed by atoms with E-state index < -0.39 is 0 Å². The van der Waals surface area contributed by atoms with Crippen LogP contribution in [0.25, 0.3) is 0 Å². The van der Waals surface area contributed by atoms with Gasteiger partial charge in [-0.2, -0.15) is 0 Å². The summed E-state index contributed by atoms with van der Waals surface area (Å²) in [6.45, 7) is 8.73. The number of allylic oxidation sites excluding steroid dienone is 1. The molecular formula is C14H26N2. The third-order valence-electron chi connectivity index (χ3n) is 3.86. The summed E-state index contributed by atoms with van der Waals surface area (Å²) in [4.78, 5) is 5.33. The minimum Gasteiger partial charge on any atom is -0.302 e. The molecule has 1 saturated heterocycles. The fraction of sp³-hybridized carbons (Fsp3) is 0.857. The molecule has 0 aromatic rings. The van der Waals surface area contributed by atoms with Crippen LogP contribution in [-0.4, -0.2) is 48.6 Å². The maximum Gasteiger partial charge on any atom is 0.0278 e. The molecule has 2 rings (SSSR count). The predicted molar refractivity (Wildman–Crippen MR) is 69.7 cm³/mol. The fourth-order valence-electron chi connectivity index (χ4n) is 2.96. The van der Waals surface area contributed by atoms with Gasteiger partial charge in [-0.1, -0.05) is 19.1 Å². The molecule has 16 heavy (non-hydrogen) atoms. The van der Waals surface area contributed by atoms with Gasteiger partial charge in [0.1, 0.15) is 0 Å². The minimum atomic E-state index is 0.746. The van der Waals surface area contributed by atoms with Crippen molar-refractivity contribution < 1.29 is 0 Å². The molecule has 0 amide bonds. The summed E-state index contributed by atoms with van der Waals surface area (Å²) in [5.74, 6) is 0. The molecule has 1 heterocycles. The lowest BCUT2D eigenvalue weighted by molar-refractivity contribution is 0.213. The summed E-state index contributed by atoms with van der Waals surface area (Å²) in [5, 5.41) is 0. The zero-order valence-electron chi connectivity index (χ0n) is 10.7. The third kappa shape index (κ3) is 3.33. The Hall–Kier alpha value is -0.340. The van der Waals surface area contributed by atoms with E-state index in [1.54, 1.807) is 0 Å². The average molecular weight is 222 g/mol. The molecule has 0 radical (unpaired) electrons. The summed E-state index contributed by atoms with van der Waals surface area (Å²) in [6, 6.07) is 0.746. The number of hydrogen-bond acceptors (Lipinski definition) is 2. The SMILES string of the molecule is CCCN1CCCN(C2C=CCCC2)CC1. The summed E-state index contributed by atoms with van der Waals surface area (Å²) >= 11 is 0. The van der Waals surface area contributed by atoms with Gasteiger partial charge < -0.3 is 4.90 Å². The van der Waals surface area contributed by atoms with Gasteiger partial charge in [0.05, 0.1) is 0 Å². The van der Waals surface area contributed by atoms with E-state index in [0.717, 1.165) is 6.04 Å². The Bertz CT molecular complexity index is 225. The van der Waals surface area contributed by atoms with Gasteiger partial charge in [-0.15, -0.1) is 0 Å². The highest BCUT2D eigenvalue weighted by atomic mass is 15.2. The minimum absolute atomic E-state index is 0.746. The molecule has 2 aliphatic rings. The van der Waals surface area contributed by atoms with Gasteiger partial charge >= 0.3 is 0 Å². The van der Waals surface area contributed by atoms with Crippen LogP contribution in [0.3, 0.4) is 0 Å². The van der Waals surface area contributed by atoms with E-state index >= 15 is 0 Å². The summed E-state index contributed by atoms with van der Waals surface area (Å²) in [6.07, 6.45) is 11.5. The van der Waals surface area contributed by atoms with Gasteiger partial charge in [0.2, 0.25) is 0 Å². The molecule has 1 unspecified atom stereocenters. The third-order valence-corrected chi connectivity index (χ3v) is 3.86. The van der Waals surface area contributed by atoms with E-state index in [1.807, 2.05) is 0 Å². The Morgan fingerprint density at radius 3 is 2.81 bits per heavy atom. The molecule has 0 aromatic carbocycles. The van der Waals surface area contributed by atoms with Crippen molar-refractivity contribution in [2.75, 3.05) is 32.7 Å². The second-order valence-corrected chi connectivity index (χ2v) is 5.16. The molecule has 0 saturated carbocycles. The topological polar surface area (TPSA) is 6.48 Å². The first-order valence-corrected chi connectivity index (χ1v) is 7.03. The van der Waals surface area contributed by atoms with Crippen LogP contribution >= 0.6 is 0 Å². The van der Waals surface area contributed by atoms with E-state index in [0.29, 0.717) is 0 Å². The van der Waals surface area contributed by atoms with Crippen LogP contribution < -0.4 is 0 Å². The average Bonchev–Trinajstić information content (AvgIpc) is 2.57. The smallest absolute Gasteiger partial charge is 0.0278 e. The van der Waals surface area contributed by atoms with Crippen molar-refractivity contribution in [1.82, 2.24) is 9.80 Å². The van der Waals surface area contributed by atoms with Crippen molar-refractivity contribution in [1.29, 1.82) is 0 Å². The second kappa shape index (κ2) is 6.41. The second-order valence-electron chi connectivity index (χ2n) is 5.16. The van der Waals surface area contributed by atoms with Crippen LogP contribution in [0.5, 0.6) is 0 Å². The summed E-state index contributed by atoms with van der Waals surface area (Å²) in [5.41, 5.74) is 0. The van der Waals surface area contributed by atoms with Crippen molar-refractivity contribution in [3.63, 3.8) is 0 Å². The van der Waals surface area contributed by atoms with E-state index in [9.17, 15) is 0 Å². The van der Waals surface area contributed by atoms with Gasteiger partial charge in [-0.3, -0.25) is 4.90 Å². The molecule has 1 atom stereocenters. The van der Waals surface area contributed by atoms with Crippen LogP contribution in [0.15, 0.2) is 12.2 Å². The molecule has 0 spiro atoms. The largest absolute Gasteiger partial charge is 0.302 e. The molecule has 2 heteroatoms. The summed E-state index contributed by atoms with van der Waals surface area (Å²) in [7, 11) is 0. The molecule has 0 aromatic heterocycles. The van der Waals surface area contributed by atoms with Gasteiger partial charge in [-0.25, -0.2) is 0 Å². The molecular weight excluding hydrogens is 196 g/mol. The number of rotatable bonds is 3. The van der Waals surface area contributed by atoms with Crippen LogP contribution in [0, 0.1) is 0 Å². The van der Waals surface area contributed by atoms with Crippen LogP contribution in [0.2, 0.25) is 0 Å². The molecule has 0 N–H and O–H groups in total. The van der Waals surface area contributed by atoms with Gasteiger partial charge in [0.25, 0.3) is 0 Å². The van der Waals surface area contributed by atoms with Crippen molar-refractivity contribution in [2.45, 2.75) is 45.1 Å². The molecule has 1 fully saturated rings. The Morgan fingerprint density at radius 1 is 1.12 bits per heavy atom. The van der Waals surface area contributed by atoms with Gasteiger partial charge in [0, 0.05) is 19.1 Å². The molecule has 1 aliphatic heterocycles. The first-order valence-electron chi connectivity index (χ1n) is 7.03. The quantitative estimate of drug-likeness (QED) is 0.677. The lowest BCUT2D eigenvalue weighted by Crippen LogP contribution is -2.38. The van der Waals surface area contributed by atoms with E-state index in [2.05, 4.69) is 28.9 Å².